The van der Waals surface area contributed by atoms with Crippen LogP contribution in [0.5, 0.6) is 0 Å². The summed E-state index contributed by atoms with van der Waals surface area (Å²) in [6.07, 6.45) is 12.1. The van der Waals surface area contributed by atoms with E-state index in [1.165, 1.54) is 60.8 Å². The highest BCUT2D eigenvalue weighted by molar-refractivity contribution is 5.87. The van der Waals surface area contributed by atoms with Gasteiger partial charge in [-0.15, -0.1) is 0 Å². The van der Waals surface area contributed by atoms with E-state index in [2.05, 4.69) is 80.5 Å². The van der Waals surface area contributed by atoms with Gasteiger partial charge in [0.25, 0.3) is 0 Å². The third-order valence-electron chi connectivity index (χ3n) is 6.89. The second kappa shape index (κ2) is 9.36. The molecule has 0 amide bonds. The smallest absolute Gasteiger partial charge is 0.0717 e. The number of allylic oxidation sites excluding steroid dienone is 4. The van der Waals surface area contributed by atoms with Crippen LogP contribution in [0.4, 0.5) is 0 Å². The summed E-state index contributed by atoms with van der Waals surface area (Å²) in [5.41, 5.74) is 7.40. The number of hydrogen-bond acceptors (Lipinski definition) is 0. The van der Waals surface area contributed by atoms with Gasteiger partial charge in [-0.2, -0.15) is 0 Å². The lowest BCUT2D eigenvalue weighted by molar-refractivity contribution is 0.308. The van der Waals surface area contributed by atoms with Crippen molar-refractivity contribution in [1.29, 1.82) is 0 Å². The lowest BCUT2D eigenvalue weighted by Gasteiger charge is -2.28. The fourth-order valence-electron chi connectivity index (χ4n) is 5.27. The minimum Gasteiger partial charge on any atom is -0.0987 e. The average molecular weight is 393 g/mol. The molecule has 0 saturated heterocycles. The van der Waals surface area contributed by atoms with Crippen LogP contribution < -0.4 is 0 Å². The van der Waals surface area contributed by atoms with Crippen molar-refractivity contribution in [3.05, 3.63) is 102 Å². The highest BCUT2D eigenvalue weighted by Gasteiger charge is 2.26. The van der Waals surface area contributed by atoms with Gasteiger partial charge in [0.2, 0.25) is 0 Å². The van der Waals surface area contributed by atoms with Crippen molar-refractivity contribution in [3.8, 4) is 11.8 Å². The molecule has 1 atom stereocenters. The Hall–Kier alpha value is -2.78. The van der Waals surface area contributed by atoms with Gasteiger partial charge in [0.1, 0.15) is 0 Å². The Morgan fingerprint density at radius 3 is 2.33 bits per heavy atom. The molecule has 2 aromatic rings. The van der Waals surface area contributed by atoms with E-state index in [1.807, 2.05) is 12.2 Å². The first-order valence-electron chi connectivity index (χ1n) is 11.4. The molecule has 1 saturated carbocycles. The van der Waals surface area contributed by atoms with Crippen LogP contribution >= 0.6 is 0 Å². The Morgan fingerprint density at radius 1 is 0.933 bits per heavy atom. The standard InChI is InChI=1S/C30H32/c1-4-9-22-12-17-24(18-13-22)25-19-14-23(15-20-25)16-21-30-27(6-3)26(5-2)28-10-7-8-11-29(28)30/h5-8,10-11,14-15,19-20,22,24,30H,2-4,9,12-13,17-18H2,1H3. The monoisotopic (exact) mass is 392 g/mol. The zero-order valence-electron chi connectivity index (χ0n) is 18.2. The summed E-state index contributed by atoms with van der Waals surface area (Å²) in [5, 5.41) is 0. The summed E-state index contributed by atoms with van der Waals surface area (Å²) in [6.45, 7) is 10.4. The van der Waals surface area contributed by atoms with E-state index >= 15 is 0 Å². The summed E-state index contributed by atoms with van der Waals surface area (Å²) in [7, 11) is 0. The molecule has 0 radical (unpaired) electrons. The Bertz CT molecular complexity index is 998. The van der Waals surface area contributed by atoms with Crippen molar-refractivity contribution >= 4 is 5.57 Å². The number of benzene rings is 2. The van der Waals surface area contributed by atoms with Gasteiger partial charge >= 0.3 is 0 Å². The Balaban J connectivity index is 1.51. The minimum atomic E-state index is 0.0696. The summed E-state index contributed by atoms with van der Waals surface area (Å²) in [4.78, 5) is 0. The van der Waals surface area contributed by atoms with Crippen molar-refractivity contribution in [2.24, 2.45) is 5.92 Å². The van der Waals surface area contributed by atoms with Gasteiger partial charge in [-0.1, -0.05) is 93.3 Å². The van der Waals surface area contributed by atoms with Crippen LogP contribution in [-0.2, 0) is 0 Å². The van der Waals surface area contributed by atoms with Gasteiger partial charge < -0.3 is 0 Å². The first-order chi connectivity index (χ1) is 14.7. The molecule has 0 aromatic heterocycles. The van der Waals surface area contributed by atoms with E-state index in [4.69, 9.17) is 0 Å². The molecule has 30 heavy (non-hydrogen) atoms. The molecule has 4 rings (SSSR count). The molecule has 0 aliphatic heterocycles. The maximum atomic E-state index is 4.04. The van der Waals surface area contributed by atoms with Crippen LogP contribution in [0, 0.1) is 17.8 Å². The summed E-state index contributed by atoms with van der Waals surface area (Å²) in [6, 6.07) is 17.5. The molecule has 2 aliphatic rings. The fourth-order valence-corrected chi connectivity index (χ4v) is 5.27. The minimum absolute atomic E-state index is 0.0696. The largest absolute Gasteiger partial charge is 0.0987 e. The molecule has 0 heterocycles. The molecule has 0 heteroatoms. The van der Waals surface area contributed by atoms with Crippen LogP contribution in [0.1, 0.15) is 79.5 Å². The summed E-state index contributed by atoms with van der Waals surface area (Å²) < 4.78 is 0. The van der Waals surface area contributed by atoms with E-state index in [0.29, 0.717) is 0 Å². The van der Waals surface area contributed by atoms with Crippen LogP contribution in [0.2, 0.25) is 0 Å². The molecule has 0 N–H and O–H groups in total. The molecule has 152 valence electrons. The van der Waals surface area contributed by atoms with Crippen molar-refractivity contribution in [2.45, 2.75) is 57.3 Å². The van der Waals surface area contributed by atoms with Gasteiger partial charge in [0.05, 0.1) is 5.92 Å². The quantitative estimate of drug-likeness (QED) is 0.452. The summed E-state index contributed by atoms with van der Waals surface area (Å²) in [5.74, 6) is 8.69. The fraction of sp³-hybridized carbons (Fsp3) is 0.333. The maximum Gasteiger partial charge on any atom is 0.0717 e. The van der Waals surface area contributed by atoms with Crippen molar-refractivity contribution in [2.75, 3.05) is 0 Å². The number of hydrogen-bond donors (Lipinski definition) is 0. The highest BCUT2D eigenvalue weighted by Crippen LogP contribution is 2.42. The van der Waals surface area contributed by atoms with Gasteiger partial charge in [-0.3, -0.25) is 0 Å². The van der Waals surface area contributed by atoms with Crippen molar-refractivity contribution in [1.82, 2.24) is 0 Å². The molecule has 0 nitrogen and oxygen atoms in total. The summed E-state index contributed by atoms with van der Waals surface area (Å²) >= 11 is 0. The van der Waals surface area contributed by atoms with Crippen LogP contribution in [0.3, 0.4) is 0 Å². The van der Waals surface area contributed by atoms with E-state index in [9.17, 15) is 0 Å². The van der Waals surface area contributed by atoms with Crippen LogP contribution in [-0.4, -0.2) is 0 Å². The normalized spacial score (nSPS) is 22.8. The van der Waals surface area contributed by atoms with Crippen LogP contribution in [0.15, 0.2) is 79.4 Å². The first kappa shape index (κ1) is 20.5. The predicted molar refractivity (Wildman–Crippen MR) is 129 cm³/mol. The van der Waals surface area contributed by atoms with Gasteiger partial charge in [-0.25, -0.2) is 0 Å². The number of rotatable bonds is 5. The Labute approximate surface area is 182 Å². The zero-order chi connectivity index (χ0) is 20.9. The van der Waals surface area contributed by atoms with E-state index in [0.717, 1.165) is 23.0 Å². The first-order valence-corrected chi connectivity index (χ1v) is 11.4. The molecular formula is C30H32. The van der Waals surface area contributed by atoms with Gasteiger partial charge in [-0.05, 0) is 77.5 Å². The Morgan fingerprint density at radius 2 is 1.67 bits per heavy atom. The molecule has 0 spiro atoms. The van der Waals surface area contributed by atoms with Crippen molar-refractivity contribution in [3.63, 3.8) is 0 Å². The lowest BCUT2D eigenvalue weighted by atomic mass is 9.77. The maximum absolute atomic E-state index is 4.04. The lowest BCUT2D eigenvalue weighted by Crippen LogP contribution is -2.13. The molecule has 2 aromatic carbocycles. The zero-order valence-corrected chi connectivity index (χ0v) is 18.2. The third kappa shape index (κ3) is 4.08. The topological polar surface area (TPSA) is 0 Å². The molecule has 2 aliphatic carbocycles. The highest BCUT2D eigenvalue weighted by atomic mass is 14.3. The van der Waals surface area contributed by atoms with Gasteiger partial charge in [0.15, 0.2) is 0 Å². The molecular weight excluding hydrogens is 360 g/mol. The molecule has 1 unspecified atom stereocenters. The van der Waals surface area contributed by atoms with E-state index in [1.54, 1.807) is 0 Å². The predicted octanol–water partition coefficient (Wildman–Crippen LogP) is 8.04. The Kier molecular flexibility index (Phi) is 6.39. The molecule has 1 fully saturated rings. The SMILES string of the molecule is C=CC1=C(C=C)C(C#Cc2ccc(C3CCC(CCC)CC3)cc2)c2ccccc21. The van der Waals surface area contributed by atoms with Crippen molar-refractivity contribution < 1.29 is 0 Å². The second-order valence-corrected chi connectivity index (χ2v) is 8.70. The number of fused-ring (bicyclic) bond motifs is 1. The molecule has 0 bridgehead atoms. The van der Waals surface area contributed by atoms with Crippen LogP contribution in [0.25, 0.3) is 5.57 Å². The second-order valence-electron chi connectivity index (χ2n) is 8.70. The third-order valence-corrected chi connectivity index (χ3v) is 6.89. The van der Waals surface area contributed by atoms with E-state index < -0.39 is 0 Å². The average Bonchev–Trinajstić information content (AvgIpc) is 3.11. The van der Waals surface area contributed by atoms with E-state index in [-0.39, 0.29) is 5.92 Å². The van der Waals surface area contributed by atoms with Gasteiger partial charge in [0, 0.05) is 5.56 Å².